The van der Waals surface area contributed by atoms with Crippen LogP contribution in [0, 0.1) is 0 Å². The highest BCUT2D eigenvalue weighted by molar-refractivity contribution is 5.96. The topological polar surface area (TPSA) is 58.6 Å². The Balaban J connectivity index is 2.44. The van der Waals surface area contributed by atoms with E-state index in [0.29, 0.717) is 0 Å². The summed E-state index contributed by atoms with van der Waals surface area (Å²) in [4.78, 5) is 24.4. The van der Waals surface area contributed by atoms with E-state index in [1.54, 1.807) is 0 Å². The molecule has 1 heterocycles. The number of rotatable bonds is 4. The lowest BCUT2D eigenvalue weighted by Crippen LogP contribution is -2.61. The second kappa shape index (κ2) is 5.55. The van der Waals surface area contributed by atoms with Crippen molar-refractivity contribution in [2.45, 2.75) is 32.1 Å². The third kappa shape index (κ3) is 3.86. The molecule has 2 unspecified atom stereocenters. The van der Waals surface area contributed by atoms with Crippen LogP contribution in [0.3, 0.4) is 0 Å². The highest BCUT2D eigenvalue weighted by atomic mass is 19.4. The van der Waals surface area contributed by atoms with Gasteiger partial charge in [-0.25, -0.2) is 0 Å². The van der Waals surface area contributed by atoms with E-state index in [1.165, 1.54) is 18.7 Å². The fraction of sp³-hybridized carbons (Fsp3) is 0.800. The van der Waals surface area contributed by atoms with E-state index in [0.717, 1.165) is 0 Å². The molecular formula is C10H15F3N2O3. The maximum atomic E-state index is 11.8. The summed E-state index contributed by atoms with van der Waals surface area (Å²) in [6.07, 6.45) is -4.39. The first kappa shape index (κ1) is 14.7. The first-order valence-corrected chi connectivity index (χ1v) is 5.47. The minimum atomic E-state index is -4.39. The molecule has 0 radical (unpaired) electrons. The third-order valence-electron chi connectivity index (χ3n) is 2.60. The quantitative estimate of drug-likeness (QED) is 0.746. The van der Waals surface area contributed by atoms with Gasteiger partial charge in [0, 0.05) is 6.54 Å². The molecule has 5 nitrogen and oxygen atoms in total. The summed E-state index contributed by atoms with van der Waals surface area (Å²) >= 11 is 0. The van der Waals surface area contributed by atoms with Gasteiger partial charge in [-0.15, -0.1) is 0 Å². The zero-order valence-corrected chi connectivity index (χ0v) is 10.1. The Morgan fingerprint density at radius 1 is 1.33 bits per heavy atom. The van der Waals surface area contributed by atoms with E-state index in [4.69, 9.17) is 0 Å². The number of hydrogen-bond acceptors (Lipinski definition) is 3. The summed E-state index contributed by atoms with van der Waals surface area (Å²) < 4.78 is 39.9. The number of nitrogens with zero attached hydrogens (tertiary/aromatic N) is 1. The van der Waals surface area contributed by atoms with Crippen LogP contribution in [0.4, 0.5) is 13.2 Å². The Kier molecular flexibility index (Phi) is 4.55. The average Bonchev–Trinajstić information content (AvgIpc) is 2.24. The van der Waals surface area contributed by atoms with Crippen LogP contribution in [0.5, 0.6) is 0 Å². The van der Waals surface area contributed by atoms with Crippen LogP contribution in [0.1, 0.15) is 13.8 Å². The number of alkyl halides is 3. The smallest absolute Gasteiger partial charge is 0.370 e. The molecule has 0 aromatic rings. The summed E-state index contributed by atoms with van der Waals surface area (Å²) in [7, 11) is 0. The highest BCUT2D eigenvalue weighted by Gasteiger charge is 2.35. The molecule has 2 atom stereocenters. The van der Waals surface area contributed by atoms with Crippen molar-refractivity contribution in [1.82, 2.24) is 10.2 Å². The lowest BCUT2D eigenvalue weighted by atomic mass is 10.1. The number of nitrogens with one attached hydrogen (secondary N) is 1. The SMILES string of the molecule is CC1NC(=O)C(C)N(CCOCC(F)(F)F)C1=O. The van der Waals surface area contributed by atoms with Crippen molar-refractivity contribution in [1.29, 1.82) is 0 Å². The van der Waals surface area contributed by atoms with Gasteiger partial charge in [0.05, 0.1) is 6.61 Å². The van der Waals surface area contributed by atoms with Crippen LogP contribution < -0.4 is 5.32 Å². The Hall–Kier alpha value is -1.31. The predicted octanol–water partition coefficient (Wildman–Crippen LogP) is 0.301. The molecule has 0 saturated carbocycles. The van der Waals surface area contributed by atoms with Gasteiger partial charge in [0.15, 0.2) is 0 Å². The maximum Gasteiger partial charge on any atom is 0.411 e. The van der Waals surface area contributed by atoms with Crippen molar-refractivity contribution >= 4 is 11.8 Å². The van der Waals surface area contributed by atoms with E-state index in [2.05, 4.69) is 10.1 Å². The van der Waals surface area contributed by atoms with E-state index >= 15 is 0 Å². The summed E-state index contributed by atoms with van der Waals surface area (Å²) in [5.41, 5.74) is 0. The van der Waals surface area contributed by atoms with Crippen molar-refractivity contribution in [3.63, 3.8) is 0 Å². The number of carbonyl (C=O) groups is 2. The molecule has 8 heteroatoms. The van der Waals surface area contributed by atoms with Crippen LogP contribution in [0.15, 0.2) is 0 Å². The number of hydrogen-bond donors (Lipinski definition) is 1. The highest BCUT2D eigenvalue weighted by Crippen LogP contribution is 2.15. The van der Waals surface area contributed by atoms with E-state index < -0.39 is 24.9 Å². The molecule has 1 aliphatic rings. The van der Waals surface area contributed by atoms with Crippen LogP contribution in [0.25, 0.3) is 0 Å². The largest absolute Gasteiger partial charge is 0.411 e. The molecule has 1 aliphatic heterocycles. The second-order valence-corrected chi connectivity index (χ2v) is 4.11. The van der Waals surface area contributed by atoms with Gasteiger partial charge in [-0.2, -0.15) is 13.2 Å². The molecule has 0 aliphatic carbocycles. The Morgan fingerprint density at radius 2 is 1.94 bits per heavy atom. The van der Waals surface area contributed by atoms with Gasteiger partial charge in [-0.05, 0) is 13.8 Å². The van der Waals surface area contributed by atoms with Crippen LogP contribution in [0.2, 0.25) is 0 Å². The number of carbonyl (C=O) groups excluding carboxylic acids is 2. The first-order valence-electron chi connectivity index (χ1n) is 5.47. The van der Waals surface area contributed by atoms with E-state index in [9.17, 15) is 22.8 Å². The normalized spacial score (nSPS) is 25.3. The molecule has 1 N–H and O–H groups in total. The number of ether oxygens (including phenoxy) is 1. The molecule has 1 saturated heterocycles. The minimum Gasteiger partial charge on any atom is -0.370 e. The Bertz CT molecular complexity index is 333. The van der Waals surface area contributed by atoms with Gasteiger partial charge < -0.3 is 15.0 Å². The maximum absolute atomic E-state index is 11.8. The summed E-state index contributed by atoms with van der Waals surface area (Å²) in [6.45, 7) is 1.40. The zero-order valence-electron chi connectivity index (χ0n) is 10.1. The third-order valence-corrected chi connectivity index (χ3v) is 2.60. The fourth-order valence-electron chi connectivity index (χ4n) is 1.63. The van der Waals surface area contributed by atoms with Gasteiger partial charge in [0.25, 0.3) is 0 Å². The first-order chi connectivity index (χ1) is 8.22. The second-order valence-electron chi connectivity index (χ2n) is 4.11. The number of piperazine rings is 1. The van der Waals surface area contributed by atoms with Gasteiger partial charge >= 0.3 is 6.18 Å². The minimum absolute atomic E-state index is 0.0339. The van der Waals surface area contributed by atoms with Crippen LogP contribution >= 0.6 is 0 Å². The molecule has 0 aromatic heterocycles. The van der Waals surface area contributed by atoms with Gasteiger partial charge in [-0.3, -0.25) is 9.59 Å². The molecule has 0 bridgehead atoms. The molecule has 0 aromatic carbocycles. The standard InChI is InChI=1S/C10H15F3N2O3/c1-6-9(17)15(7(2)8(16)14-6)3-4-18-5-10(11,12)13/h6-7H,3-5H2,1-2H3,(H,14,16). The van der Waals surface area contributed by atoms with Gasteiger partial charge in [0.1, 0.15) is 18.7 Å². The molecule has 104 valence electrons. The number of amides is 2. The van der Waals surface area contributed by atoms with Crippen molar-refractivity contribution in [2.75, 3.05) is 19.8 Å². The van der Waals surface area contributed by atoms with Crippen molar-refractivity contribution < 1.29 is 27.5 Å². The molecule has 1 fully saturated rings. The summed E-state index contributed by atoms with van der Waals surface area (Å²) in [6, 6.07) is -1.35. The molecule has 2 amide bonds. The van der Waals surface area contributed by atoms with Gasteiger partial charge in [-0.1, -0.05) is 0 Å². The fourth-order valence-corrected chi connectivity index (χ4v) is 1.63. The van der Waals surface area contributed by atoms with Gasteiger partial charge in [0.2, 0.25) is 11.8 Å². The van der Waals surface area contributed by atoms with Crippen LogP contribution in [-0.4, -0.2) is 54.7 Å². The predicted molar refractivity (Wildman–Crippen MR) is 55.7 cm³/mol. The molecule has 0 spiro atoms. The van der Waals surface area contributed by atoms with Crippen molar-refractivity contribution in [3.8, 4) is 0 Å². The average molecular weight is 268 g/mol. The Labute approximate surface area is 102 Å². The van der Waals surface area contributed by atoms with Crippen molar-refractivity contribution in [2.24, 2.45) is 0 Å². The van der Waals surface area contributed by atoms with E-state index in [-0.39, 0.29) is 25.0 Å². The molecule has 18 heavy (non-hydrogen) atoms. The Morgan fingerprint density at radius 3 is 2.50 bits per heavy atom. The molecular weight excluding hydrogens is 253 g/mol. The van der Waals surface area contributed by atoms with Crippen molar-refractivity contribution in [3.05, 3.63) is 0 Å². The zero-order chi connectivity index (χ0) is 13.9. The summed E-state index contributed by atoms with van der Waals surface area (Å²) in [5, 5.41) is 2.47. The molecule has 1 rings (SSSR count). The van der Waals surface area contributed by atoms with E-state index in [1.807, 2.05) is 0 Å². The lowest BCUT2D eigenvalue weighted by molar-refractivity contribution is -0.176. The number of halogens is 3. The van der Waals surface area contributed by atoms with Crippen LogP contribution in [-0.2, 0) is 14.3 Å². The monoisotopic (exact) mass is 268 g/mol. The lowest BCUT2D eigenvalue weighted by Gasteiger charge is -2.36. The summed E-state index contributed by atoms with van der Waals surface area (Å²) in [5.74, 6) is -0.643.